The van der Waals surface area contributed by atoms with Crippen LogP contribution in [-0.4, -0.2) is 23.2 Å². The molecule has 0 amide bonds. The third-order valence-corrected chi connectivity index (χ3v) is 4.81. The van der Waals surface area contributed by atoms with Crippen LogP contribution in [0.3, 0.4) is 0 Å². The normalized spacial score (nSPS) is 18.6. The monoisotopic (exact) mass is 276 g/mol. The second-order valence-corrected chi connectivity index (χ2v) is 6.72. The minimum absolute atomic E-state index is 0.0930. The van der Waals surface area contributed by atoms with Gasteiger partial charge in [0.1, 0.15) is 5.82 Å². The summed E-state index contributed by atoms with van der Waals surface area (Å²) in [6, 6.07) is 4.06. The fraction of sp³-hybridized carbons (Fsp3) is 0.706. The first-order chi connectivity index (χ1) is 9.47. The second kappa shape index (κ2) is 6.13. The number of aromatic nitrogens is 1. The minimum Gasteiger partial charge on any atom is -0.392 e. The van der Waals surface area contributed by atoms with Gasteiger partial charge >= 0.3 is 0 Å². The lowest BCUT2D eigenvalue weighted by atomic mass is 9.78. The first-order valence-corrected chi connectivity index (χ1v) is 7.84. The summed E-state index contributed by atoms with van der Waals surface area (Å²) in [7, 11) is 0. The van der Waals surface area contributed by atoms with E-state index in [4.69, 9.17) is 4.98 Å². The Kier molecular flexibility index (Phi) is 4.69. The number of pyridine rings is 1. The van der Waals surface area contributed by atoms with Gasteiger partial charge in [-0.2, -0.15) is 0 Å². The quantitative estimate of drug-likeness (QED) is 0.910. The van der Waals surface area contributed by atoms with Gasteiger partial charge in [0.2, 0.25) is 0 Å². The van der Waals surface area contributed by atoms with E-state index >= 15 is 0 Å². The molecule has 0 saturated carbocycles. The van der Waals surface area contributed by atoms with Gasteiger partial charge in [-0.15, -0.1) is 0 Å². The number of piperidine rings is 1. The van der Waals surface area contributed by atoms with Crippen molar-refractivity contribution in [2.75, 3.05) is 18.0 Å². The van der Waals surface area contributed by atoms with Crippen LogP contribution >= 0.6 is 0 Å². The zero-order chi connectivity index (χ0) is 14.8. The third kappa shape index (κ3) is 3.32. The molecule has 1 aliphatic heterocycles. The van der Waals surface area contributed by atoms with Gasteiger partial charge in [-0.05, 0) is 41.9 Å². The number of nitrogens with zero attached hydrogens (tertiary/aromatic N) is 2. The molecule has 0 unspecified atom stereocenters. The van der Waals surface area contributed by atoms with Crippen molar-refractivity contribution < 1.29 is 5.11 Å². The lowest BCUT2D eigenvalue weighted by Gasteiger charge is -2.39. The maximum atomic E-state index is 9.44. The Morgan fingerprint density at radius 1 is 1.30 bits per heavy atom. The summed E-state index contributed by atoms with van der Waals surface area (Å²) in [4.78, 5) is 7.17. The van der Waals surface area contributed by atoms with Gasteiger partial charge in [0.15, 0.2) is 0 Å². The Hall–Kier alpha value is -1.09. The highest BCUT2D eigenvalue weighted by molar-refractivity contribution is 5.43. The molecular formula is C17H28N2O. The Morgan fingerprint density at radius 2 is 1.95 bits per heavy atom. The molecule has 3 heteroatoms. The van der Waals surface area contributed by atoms with E-state index in [9.17, 15) is 5.11 Å². The van der Waals surface area contributed by atoms with Gasteiger partial charge in [-0.1, -0.05) is 34.1 Å². The molecule has 2 heterocycles. The minimum atomic E-state index is 0.0930. The Morgan fingerprint density at radius 3 is 2.45 bits per heavy atom. The summed E-state index contributed by atoms with van der Waals surface area (Å²) < 4.78 is 0. The van der Waals surface area contributed by atoms with Gasteiger partial charge in [-0.3, -0.25) is 0 Å². The standard InChI is InChI=1S/C17H28N2O/c1-5-17(4)6-8-19(9-7-17)16-11-14(12-20)10-15(18-16)13(2)3/h10-11,13,20H,5-9,12H2,1-4H3. The first kappa shape index (κ1) is 15.3. The molecule has 3 nitrogen and oxygen atoms in total. The van der Waals surface area contributed by atoms with E-state index in [1.807, 2.05) is 12.1 Å². The van der Waals surface area contributed by atoms with Crippen molar-refractivity contribution in [3.63, 3.8) is 0 Å². The van der Waals surface area contributed by atoms with Gasteiger partial charge < -0.3 is 10.0 Å². The molecule has 1 fully saturated rings. The van der Waals surface area contributed by atoms with E-state index in [0.717, 1.165) is 30.2 Å². The molecule has 0 atom stereocenters. The predicted octanol–water partition coefficient (Wildman–Crippen LogP) is 3.71. The zero-order valence-corrected chi connectivity index (χ0v) is 13.3. The van der Waals surface area contributed by atoms with E-state index in [1.165, 1.54) is 19.3 Å². The molecule has 20 heavy (non-hydrogen) atoms. The molecule has 1 aliphatic rings. The first-order valence-electron chi connectivity index (χ1n) is 7.84. The summed E-state index contributed by atoms with van der Waals surface area (Å²) in [5.74, 6) is 1.43. The van der Waals surface area contributed by atoms with Gasteiger partial charge in [-0.25, -0.2) is 4.98 Å². The Balaban J connectivity index is 2.19. The Bertz CT molecular complexity index is 448. The third-order valence-electron chi connectivity index (χ3n) is 4.81. The number of rotatable bonds is 4. The van der Waals surface area contributed by atoms with Crippen molar-refractivity contribution in [2.45, 2.75) is 59.5 Å². The van der Waals surface area contributed by atoms with Crippen LogP contribution in [0.4, 0.5) is 5.82 Å². The second-order valence-electron chi connectivity index (χ2n) is 6.72. The summed E-state index contributed by atoms with van der Waals surface area (Å²) in [6.45, 7) is 11.2. The molecule has 0 radical (unpaired) electrons. The maximum Gasteiger partial charge on any atom is 0.129 e. The van der Waals surface area contributed by atoms with E-state index in [0.29, 0.717) is 11.3 Å². The zero-order valence-electron chi connectivity index (χ0n) is 13.3. The number of hydrogen-bond donors (Lipinski definition) is 1. The van der Waals surface area contributed by atoms with Crippen LogP contribution in [0.2, 0.25) is 0 Å². The highest BCUT2D eigenvalue weighted by atomic mass is 16.3. The molecule has 0 aromatic carbocycles. The molecule has 1 saturated heterocycles. The number of anilines is 1. The molecule has 0 spiro atoms. The molecule has 1 aromatic rings. The molecule has 1 N–H and O–H groups in total. The van der Waals surface area contributed by atoms with Crippen molar-refractivity contribution >= 4 is 5.82 Å². The van der Waals surface area contributed by atoms with Crippen LogP contribution in [0.25, 0.3) is 0 Å². The van der Waals surface area contributed by atoms with E-state index in [-0.39, 0.29) is 6.61 Å². The number of hydrogen-bond acceptors (Lipinski definition) is 3. The van der Waals surface area contributed by atoms with Crippen LogP contribution in [0.15, 0.2) is 12.1 Å². The van der Waals surface area contributed by atoms with Crippen molar-refractivity contribution in [1.82, 2.24) is 4.98 Å². The van der Waals surface area contributed by atoms with Gasteiger partial charge in [0, 0.05) is 18.8 Å². The topological polar surface area (TPSA) is 36.4 Å². The van der Waals surface area contributed by atoms with Crippen molar-refractivity contribution in [3.05, 3.63) is 23.4 Å². The van der Waals surface area contributed by atoms with Crippen molar-refractivity contribution in [1.29, 1.82) is 0 Å². The fourth-order valence-electron chi connectivity index (χ4n) is 2.77. The maximum absolute atomic E-state index is 9.44. The average Bonchev–Trinajstić information content (AvgIpc) is 2.47. The molecular weight excluding hydrogens is 248 g/mol. The van der Waals surface area contributed by atoms with Crippen molar-refractivity contribution in [2.24, 2.45) is 5.41 Å². The largest absolute Gasteiger partial charge is 0.392 e. The lowest BCUT2D eigenvalue weighted by molar-refractivity contribution is 0.237. The summed E-state index contributed by atoms with van der Waals surface area (Å²) in [5.41, 5.74) is 2.55. The number of aliphatic hydroxyl groups is 1. The molecule has 2 rings (SSSR count). The lowest BCUT2D eigenvalue weighted by Crippen LogP contribution is -2.39. The van der Waals surface area contributed by atoms with E-state index in [2.05, 4.69) is 32.6 Å². The van der Waals surface area contributed by atoms with Crippen LogP contribution in [-0.2, 0) is 6.61 Å². The summed E-state index contributed by atoms with van der Waals surface area (Å²) >= 11 is 0. The van der Waals surface area contributed by atoms with Gasteiger partial charge in [0.25, 0.3) is 0 Å². The highest BCUT2D eigenvalue weighted by Gasteiger charge is 2.29. The van der Waals surface area contributed by atoms with Gasteiger partial charge in [0.05, 0.1) is 6.61 Å². The highest BCUT2D eigenvalue weighted by Crippen LogP contribution is 2.35. The fourth-order valence-corrected chi connectivity index (χ4v) is 2.77. The van der Waals surface area contributed by atoms with Crippen LogP contribution in [0.5, 0.6) is 0 Å². The van der Waals surface area contributed by atoms with Crippen LogP contribution in [0, 0.1) is 5.41 Å². The van der Waals surface area contributed by atoms with E-state index in [1.54, 1.807) is 0 Å². The van der Waals surface area contributed by atoms with Crippen LogP contribution < -0.4 is 4.90 Å². The number of aliphatic hydroxyl groups excluding tert-OH is 1. The summed E-state index contributed by atoms with van der Waals surface area (Å²) in [6.07, 6.45) is 3.71. The summed E-state index contributed by atoms with van der Waals surface area (Å²) in [5, 5.41) is 9.44. The van der Waals surface area contributed by atoms with E-state index < -0.39 is 0 Å². The van der Waals surface area contributed by atoms with Crippen molar-refractivity contribution in [3.8, 4) is 0 Å². The van der Waals surface area contributed by atoms with Crippen LogP contribution in [0.1, 0.15) is 64.1 Å². The molecule has 112 valence electrons. The smallest absolute Gasteiger partial charge is 0.129 e. The SMILES string of the molecule is CCC1(C)CCN(c2cc(CO)cc(C(C)C)n2)CC1. The molecule has 0 aliphatic carbocycles. The molecule has 0 bridgehead atoms. The molecule has 1 aromatic heterocycles. The predicted molar refractivity (Wildman–Crippen MR) is 84.1 cm³/mol. The Labute approximate surface area is 123 Å². The average molecular weight is 276 g/mol.